The molecule has 0 saturated heterocycles. The lowest BCUT2D eigenvalue weighted by atomic mass is 10.1. The van der Waals surface area contributed by atoms with Gasteiger partial charge >= 0.3 is 0 Å². The third-order valence-corrected chi connectivity index (χ3v) is 3.61. The average Bonchev–Trinajstić information content (AvgIpc) is 2.92. The molecule has 1 aliphatic rings. The Morgan fingerprint density at radius 1 is 1.60 bits per heavy atom. The number of nitrogens with zero attached hydrogens (tertiary/aromatic N) is 2. The molecule has 1 aromatic rings. The van der Waals surface area contributed by atoms with Crippen LogP contribution in [0.15, 0.2) is 12.4 Å². The van der Waals surface area contributed by atoms with Crippen LogP contribution < -0.4 is 11.1 Å². The average molecular weight is 323 g/mol. The van der Waals surface area contributed by atoms with Crippen molar-refractivity contribution in [2.24, 2.45) is 11.7 Å². The number of nitrogens with two attached hydrogens (primary N) is 1. The molecule has 1 aromatic heterocycles. The number of aryl methyl sites for hydroxylation is 1. The van der Waals surface area contributed by atoms with Gasteiger partial charge in [-0.25, -0.2) is 0 Å². The van der Waals surface area contributed by atoms with E-state index in [9.17, 15) is 9.90 Å². The second kappa shape index (κ2) is 7.83. The van der Waals surface area contributed by atoms with Crippen molar-refractivity contribution in [3.8, 4) is 0 Å². The fourth-order valence-corrected chi connectivity index (χ4v) is 2.48. The van der Waals surface area contributed by atoms with Crippen LogP contribution in [0.25, 0.3) is 0 Å². The summed E-state index contributed by atoms with van der Waals surface area (Å²) in [6, 6.07) is -0.276. The minimum absolute atomic E-state index is 0. The van der Waals surface area contributed by atoms with Crippen molar-refractivity contribution in [1.29, 1.82) is 0 Å². The fraction of sp³-hybridized carbons (Fsp3) is 0.667. The van der Waals surface area contributed by atoms with E-state index in [4.69, 9.17) is 17.3 Å². The zero-order chi connectivity index (χ0) is 13.8. The molecule has 1 saturated carbocycles. The van der Waals surface area contributed by atoms with Gasteiger partial charge in [0.2, 0.25) is 5.91 Å². The van der Waals surface area contributed by atoms with Crippen LogP contribution in [-0.2, 0) is 11.3 Å². The van der Waals surface area contributed by atoms with Gasteiger partial charge in [-0.3, -0.25) is 9.48 Å². The van der Waals surface area contributed by atoms with Crippen LogP contribution in [0, 0.1) is 5.92 Å². The first-order chi connectivity index (χ1) is 9.06. The summed E-state index contributed by atoms with van der Waals surface area (Å²) in [6.45, 7) is 1.29. The predicted octanol–water partition coefficient (Wildman–Crippen LogP) is 0.563. The largest absolute Gasteiger partial charge is 0.391 e. The number of nitrogens with one attached hydrogen (secondary N) is 1. The number of aliphatic hydroxyl groups excluding tert-OH is 1. The Morgan fingerprint density at radius 3 is 2.90 bits per heavy atom. The van der Waals surface area contributed by atoms with Crippen molar-refractivity contribution in [1.82, 2.24) is 15.1 Å². The second-order valence-corrected chi connectivity index (χ2v) is 5.40. The van der Waals surface area contributed by atoms with Crippen LogP contribution in [0.2, 0.25) is 5.02 Å². The summed E-state index contributed by atoms with van der Waals surface area (Å²) in [7, 11) is 0. The zero-order valence-electron chi connectivity index (χ0n) is 11.0. The van der Waals surface area contributed by atoms with Gasteiger partial charge in [0.25, 0.3) is 0 Å². The number of hydrogen-bond acceptors (Lipinski definition) is 4. The molecule has 0 spiro atoms. The molecule has 1 fully saturated rings. The standard InChI is InChI=1S/C12H19ClN4O2.ClH/c13-9-6-16-17(7-9)3-1-2-15-12(19)8-4-10(14)11(18)5-8;/h6-8,10-11,18H,1-5,14H2,(H,15,19);1H/t8-,10+,11+;/m0./s1. The Kier molecular flexibility index (Phi) is 6.75. The molecule has 0 bridgehead atoms. The highest BCUT2D eigenvalue weighted by atomic mass is 35.5. The van der Waals surface area contributed by atoms with Crippen molar-refractivity contribution in [3.05, 3.63) is 17.4 Å². The van der Waals surface area contributed by atoms with Crippen LogP contribution in [0.1, 0.15) is 19.3 Å². The number of halogens is 2. The summed E-state index contributed by atoms with van der Waals surface area (Å²) in [6.07, 6.45) is 4.58. The Morgan fingerprint density at radius 2 is 2.35 bits per heavy atom. The molecule has 0 radical (unpaired) electrons. The van der Waals surface area contributed by atoms with Gasteiger partial charge in [-0.15, -0.1) is 12.4 Å². The van der Waals surface area contributed by atoms with E-state index in [1.165, 1.54) is 0 Å². The summed E-state index contributed by atoms with van der Waals surface area (Å²) >= 11 is 5.75. The second-order valence-electron chi connectivity index (χ2n) is 4.97. The van der Waals surface area contributed by atoms with Crippen LogP contribution in [0.3, 0.4) is 0 Å². The lowest BCUT2D eigenvalue weighted by Crippen LogP contribution is -2.31. The number of carbonyl (C=O) groups is 1. The number of carbonyl (C=O) groups excluding carboxylic acids is 1. The molecular formula is C12H20Cl2N4O2. The molecule has 1 amide bonds. The quantitative estimate of drug-likeness (QED) is 0.691. The Labute approximate surface area is 129 Å². The van der Waals surface area contributed by atoms with Gasteiger partial charge in [0.15, 0.2) is 0 Å². The smallest absolute Gasteiger partial charge is 0.223 e. The van der Waals surface area contributed by atoms with E-state index < -0.39 is 6.10 Å². The number of rotatable bonds is 5. The molecule has 8 heteroatoms. The molecule has 2 rings (SSSR count). The zero-order valence-corrected chi connectivity index (χ0v) is 12.6. The minimum Gasteiger partial charge on any atom is -0.391 e. The summed E-state index contributed by atoms with van der Waals surface area (Å²) < 4.78 is 1.74. The number of amides is 1. The normalized spacial score (nSPS) is 25.2. The minimum atomic E-state index is -0.554. The summed E-state index contributed by atoms with van der Waals surface area (Å²) in [5, 5.41) is 17.0. The van der Waals surface area contributed by atoms with Gasteiger partial charge in [-0.1, -0.05) is 11.6 Å². The summed E-state index contributed by atoms with van der Waals surface area (Å²) in [5.41, 5.74) is 5.69. The third kappa shape index (κ3) is 4.63. The van der Waals surface area contributed by atoms with E-state index in [0.29, 0.717) is 31.0 Å². The maximum absolute atomic E-state index is 11.8. The van der Waals surface area contributed by atoms with Gasteiger partial charge < -0.3 is 16.2 Å². The first kappa shape index (κ1) is 17.2. The highest BCUT2D eigenvalue weighted by molar-refractivity contribution is 6.30. The monoisotopic (exact) mass is 322 g/mol. The number of hydrogen-bond donors (Lipinski definition) is 3. The lowest BCUT2D eigenvalue weighted by Gasteiger charge is -2.10. The maximum Gasteiger partial charge on any atom is 0.223 e. The highest BCUT2D eigenvalue weighted by Crippen LogP contribution is 2.24. The molecule has 3 atom stereocenters. The molecule has 1 heterocycles. The molecule has 114 valence electrons. The molecule has 6 nitrogen and oxygen atoms in total. The maximum atomic E-state index is 11.8. The highest BCUT2D eigenvalue weighted by Gasteiger charge is 2.34. The van der Waals surface area contributed by atoms with Gasteiger partial charge in [-0.05, 0) is 19.3 Å². The van der Waals surface area contributed by atoms with E-state index >= 15 is 0 Å². The van der Waals surface area contributed by atoms with Crippen LogP contribution in [0.5, 0.6) is 0 Å². The predicted molar refractivity (Wildman–Crippen MR) is 78.8 cm³/mol. The molecule has 4 N–H and O–H groups in total. The number of aliphatic hydroxyl groups is 1. The Balaban J connectivity index is 0.00000200. The Hall–Kier alpha value is -0.820. The van der Waals surface area contributed by atoms with Gasteiger partial charge in [-0.2, -0.15) is 5.10 Å². The van der Waals surface area contributed by atoms with E-state index in [2.05, 4.69) is 10.4 Å². The van der Waals surface area contributed by atoms with Crippen LogP contribution in [0.4, 0.5) is 0 Å². The van der Waals surface area contributed by atoms with E-state index in [-0.39, 0.29) is 30.3 Å². The summed E-state index contributed by atoms with van der Waals surface area (Å²) in [5.74, 6) is -0.186. The third-order valence-electron chi connectivity index (χ3n) is 3.41. The molecular weight excluding hydrogens is 303 g/mol. The van der Waals surface area contributed by atoms with Crippen LogP contribution in [-0.4, -0.2) is 39.5 Å². The van der Waals surface area contributed by atoms with Crippen molar-refractivity contribution < 1.29 is 9.90 Å². The van der Waals surface area contributed by atoms with E-state index in [0.717, 1.165) is 6.42 Å². The Bertz CT molecular complexity index is 431. The van der Waals surface area contributed by atoms with Crippen LogP contribution >= 0.6 is 24.0 Å². The first-order valence-corrected chi connectivity index (χ1v) is 6.83. The topological polar surface area (TPSA) is 93.2 Å². The SMILES string of the molecule is Cl.N[C@@H]1C[C@H](C(=O)NCCCn2cc(Cl)cn2)C[C@H]1O. The summed E-state index contributed by atoms with van der Waals surface area (Å²) in [4.78, 5) is 11.8. The molecule has 0 aliphatic heterocycles. The molecule has 0 unspecified atom stereocenters. The van der Waals surface area contributed by atoms with Crippen molar-refractivity contribution >= 4 is 29.9 Å². The van der Waals surface area contributed by atoms with Crippen molar-refractivity contribution in [2.45, 2.75) is 38.0 Å². The molecule has 1 aliphatic carbocycles. The van der Waals surface area contributed by atoms with Gasteiger partial charge in [0, 0.05) is 31.2 Å². The van der Waals surface area contributed by atoms with Gasteiger partial charge in [0.05, 0.1) is 17.3 Å². The van der Waals surface area contributed by atoms with E-state index in [1.54, 1.807) is 17.1 Å². The molecule has 0 aromatic carbocycles. The number of aromatic nitrogens is 2. The first-order valence-electron chi connectivity index (χ1n) is 6.45. The lowest BCUT2D eigenvalue weighted by molar-refractivity contribution is -0.125. The fourth-order valence-electron chi connectivity index (χ4n) is 2.32. The van der Waals surface area contributed by atoms with Crippen molar-refractivity contribution in [3.63, 3.8) is 0 Å². The van der Waals surface area contributed by atoms with E-state index in [1.807, 2.05) is 0 Å². The van der Waals surface area contributed by atoms with Crippen molar-refractivity contribution in [2.75, 3.05) is 6.54 Å². The molecule has 20 heavy (non-hydrogen) atoms. The van der Waals surface area contributed by atoms with Gasteiger partial charge in [0.1, 0.15) is 0 Å².